The molecule has 1 aromatic rings. The molecule has 1 aliphatic rings. The number of rotatable bonds is 4. The van der Waals surface area contributed by atoms with Crippen molar-refractivity contribution in [3.05, 3.63) is 24.3 Å². The van der Waals surface area contributed by atoms with Gasteiger partial charge in [-0.3, -0.25) is 4.79 Å². The Bertz CT molecular complexity index is 633. The van der Waals surface area contributed by atoms with Crippen LogP contribution >= 0.6 is 12.4 Å². The molecule has 3 N–H and O–H groups in total. The highest BCUT2D eigenvalue weighted by molar-refractivity contribution is 7.89. The summed E-state index contributed by atoms with van der Waals surface area (Å²) in [5.74, 6) is -0.0825. The number of anilines is 1. The molecule has 1 heterocycles. The average molecular weight is 362 g/mol. The molecular formula is C15H24ClN3O3S. The Morgan fingerprint density at radius 2 is 1.83 bits per heavy atom. The largest absolute Gasteiger partial charge is 0.325 e. The summed E-state index contributed by atoms with van der Waals surface area (Å²) < 4.78 is 27.0. The Morgan fingerprint density at radius 3 is 2.30 bits per heavy atom. The Hall–Kier alpha value is -1.15. The molecule has 8 heteroatoms. The van der Waals surface area contributed by atoms with E-state index in [1.165, 1.54) is 12.1 Å². The molecule has 2 rings (SSSR count). The monoisotopic (exact) mass is 361 g/mol. The first-order valence-electron chi connectivity index (χ1n) is 7.36. The van der Waals surface area contributed by atoms with Crippen LogP contribution in [0.3, 0.4) is 0 Å². The highest BCUT2D eigenvalue weighted by Crippen LogP contribution is 2.17. The number of benzene rings is 1. The van der Waals surface area contributed by atoms with Gasteiger partial charge in [0, 0.05) is 11.2 Å². The van der Waals surface area contributed by atoms with E-state index in [9.17, 15) is 13.2 Å². The molecule has 1 amide bonds. The van der Waals surface area contributed by atoms with Crippen molar-refractivity contribution in [3.63, 3.8) is 0 Å². The number of sulfonamides is 1. The highest BCUT2D eigenvalue weighted by atomic mass is 35.5. The second kappa shape index (κ2) is 7.61. The minimum absolute atomic E-state index is 0. The molecule has 1 saturated heterocycles. The Morgan fingerprint density at radius 1 is 1.22 bits per heavy atom. The van der Waals surface area contributed by atoms with Gasteiger partial charge in [0.1, 0.15) is 0 Å². The first kappa shape index (κ1) is 19.9. The van der Waals surface area contributed by atoms with E-state index in [1.807, 2.05) is 0 Å². The first-order chi connectivity index (χ1) is 10.2. The molecule has 1 unspecified atom stereocenters. The van der Waals surface area contributed by atoms with Crippen molar-refractivity contribution in [2.24, 2.45) is 0 Å². The third-order valence-electron chi connectivity index (χ3n) is 3.25. The van der Waals surface area contributed by atoms with Crippen molar-refractivity contribution in [1.82, 2.24) is 10.0 Å². The zero-order valence-electron chi connectivity index (χ0n) is 13.5. The van der Waals surface area contributed by atoms with E-state index >= 15 is 0 Å². The summed E-state index contributed by atoms with van der Waals surface area (Å²) in [6.45, 7) is 6.21. The van der Waals surface area contributed by atoms with Crippen LogP contribution < -0.4 is 15.4 Å². The van der Waals surface area contributed by atoms with Crippen molar-refractivity contribution >= 4 is 34.0 Å². The number of hydrogen-bond acceptors (Lipinski definition) is 4. The van der Waals surface area contributed by atoms with Crippen LogP contribution in [0.4, 0.5) is 5.69 Å². The molecule has 0 radical (unpaired) electrons. The summed E-state index contributed by atoms with van der Waals surface area (Å²) in [6, 6.07) is 6.03. The van der Waals surface area contributed by atoms with Crippen LogP contribution in [0.1, 0.15) is 33.6 Å². The quantitative estimate of drug-likeness (QED) is 0.764. The number of amides is 1. The lowest BCUT2D eigenvalue weighted by atomic mass is 10.1. The van der Waals surface area contributed by atoms with Gasteiger partial charge < -0.3 is 10.6 Å². The van der Waals surface area contributed by atoms with Crippen LogP contribution in [0.15, 0.2) is 29.2 Å². The normalized spacial score (nSPS) is 18.3. The van der Waals surface area contributed by atoms with Gasteiger partial charge in [0.15, 0.2) is 0 Å². The minimum Gasteiger partial charge on any atom is -0.325 e. The predicted octanol–water partition coefficient (Wildman–Crippen LogP) is 1.88. The van der Waals surface area contributed by atoms with Gasteiger partial charge in [0.2, 0.25) is 15.9 Å². The summed E-state index contributed by atoms with van der Waals surface area (Å²) >= 11 is 0. The van der Waals surface area contributed by atoms with Gasteiger partial charge in [-0.2, -0.15) is 0 Å². The second-order valence-electron chi connectivity index (χ2n) is 6.52. The number of nitrogens with one attached hydrogen (secondary N) is 3. The second-order valence-corrected chi connectivity index (χ2v) is 8.20. The number of halogens is 1. The summed E-state index contributed by atoms with van der Waals surface area (Å²) in [4.78, 5) is 12.2. The maximum absolute atomic E-state index is 12.2. The van der Waals surface area contributed by atoms with Gasteiger partial charge >= 0.3 is 0 Å². The molecule has 130 valence electrons. The standard InChI is InChI=1S/C15H23N3O3S.ClH/c1-15(2,3)18-22(20,21)12-8-6-11(7-9-12)17-14(19)13-5-4-10-16-13;/h6-9,13,16,18H,4-5,10H2,1-3H3,(H,17,19);1H. The van der Waals surface area contributed by atoms with E-state index in [2.05, 4.69) is 15.4 Å². The zero-order chi connectivity index (χ0) is 16.4. The Labute approximate surface area is 143 Å². The molecule has 1 aromatic carbocycles. The third-order valence-corrected chi connectivity index (χ3v) is 5.02. The van der Waals surface area contributed by atoms with Gasteiger partial charge in [0.05, 0.1) is 10.9 Å². The van der Waals surface area contributed by atoms with Crippen molar-refractivity contribution in [2.75, 3.05) is 11.9 Å². The molecule has 1 aliphatic heterocycles. The van der Waals surface area contributed by atoms with Crippen molar-refractivity contribution < 1.29 is 13.2 Å². The third kappa shape index (κ3) is 5.76. The van der Waals surface area contributed by atoms with E-state index < -0.39 is 15.6 Å². The fraction of sp³-hybridized carbons (Fsp3) is 0.533. The maximum Gasteiger partial charge on any atom is 0.241 e. The highest BCUT2D eigenvalue weighted by Gasteiger charge is 2.23. The maximum atomic E-state index is 12.2. The number of carbonyl (C=O) groups excluding carboxylic acids is 1. The lowest BCUT2D eigenvalue weighted by molar-refractivity contribution is -0.117. The van der Waals surface area contributed by atoms with E-state index in [-0.39, 0.29) is 29.3 Å². The molecule has 0 spiro atoms. The molecule has 0 saturated carbocycles. The van der Waals surface area contributed by atoms with E-state index in [1.54, 1.807) is 32.9 Å². The lowest BCUT2D eigenvalue weighted by Crippen LogP contribution is -2.40. The fourth-order valence-corrected chi connectivity index (χ4v) is 3.74. The average Bonchev–Trinajstić information content (AvgIpc) is 2.90. The molecule has 1 fully saturated rings. The molecule has 0 aromatic heterocycles. The lowest BCUT2D eigenvalue weighted by Gasteiger charge is -2.20. The summed E-state index contributed by atoms with van der Waals surface area (Å²) in [5.41, 5.74) is 0.0493. The van der Waals surface area contributed by atoms with Crippen LogP contribution in [-0.4, -0.2) is 32.5 Å². The SMILES string of the molecule is CC(C)(C)NS(=O)(=O)c1ccc(NC(=O)C2CCCN2)cc1.Cl. The Balaban J connectivity index is 0.00000264. The van der Waals surface area contributed by atoms with Gasteiger partial charge in [-0.25, -0.2) is 13.1 Å². The van der Waals surface area contributed by atoms with E-state index in [4.69, 9.17) is 0 Å². The smallest absolute Gasteiger partial charge is 0.241 e. The summed E-state index contributed by atoms with van der Waals surface area (Å²) in [6.07, 6.45) is 1.82. The molecule has 23 heavy (non-hydrogen) atoms. The van der Waals surface area contributed by atoms with Gasteiger partial charge in [0.25, 0.3) is 0 Å². The molecule has 0 aliphatic carbocycles. The van der Waals surface area contributed by atoms with Crippen LogP contribution in [-0.2, 0) is 14.8 Å². The van der Waals surface area contributed by atoms with E-state index in [0.717, 1.165) is 19.4 Å². The van der Waals surface area contributed by atoms with E-state index in [0.29, 0.717) is 5.69 Å². The summed E-state index contributed by atoms with van der Waals surface area (Å²) in [7, 11) is -3.55. The summed E-state index contributed by atoms with van der Waals surface area (Å²) in [5, 5.41) is 5.91. The van der Waals surface area contributed by atoms with Crippen molar-refractivity contribution in [1.29, 1.82) is 0 Å². The minimum atomic E-state index is -3.55. The topological polar surface area (TPSA) is 87.3 Å². The zero-order valence-corrected chi connectivity index (χ0v) is 15.2. The number of hydrogen-bond donors (Lipinski definition) is 3. The predicted molar refractivity (Wildman–Crippen MR) is 93.4 cm³/mol. The Kier molecular flexibility index (Phi) is 6.59. The van der Waals surface area contributed by atoms with Crippen molar-refractivity contribution in [3.8, 4) is 0 Å². The molecule has 1 atom stereocenters. The van der Waals surface area contributed by atoms with Crippen LogP contribution in [0.5, 0.6) is 0 Å². The van der Waals surface area contributed by atoms with Crippen LogP contribution in [0, 0.1) is 0 Å². The molecule has 6 nitrogen and oxygen atoms in total. The molecular weight excluding hydrogens is 338 g/mol. The van der Waals surface area contributed by atoms with Crippen LogP contribution in [0.25, 0.3) is 0 Å². The van der Waals surface area contributed by atoms with Gasteiger partial charge in [-0.1, -0.05) is 0 Å². The molecule has 0 bridgehead atoms. The number of carbonyl (C=O) groups is 1. The van der Waals surface area contributed by atoms with Crippen molar-refractivity contribution in [2.45, 2.75) is 50.1 Å². The first-order valence-corrected chi connectivity index (χ1v) is 8.84. The van der Waals surface area contributed by atoms with Gasteiger partial charge in [-0.15, -0.1) is 12.4 Å². The van der Waals surface area contributed by atoms with Gasteiger partial charge in [-0.05, 0) is 64.4 Å². The van der Waals surface area contributed by atoms with Crippen LogP contribution in [0.2, 0.25) is 0 Å². The fourth-order valence-electron chi connectivity index (χ4n) is 2.32.